The summed E-state index contributed by atoms with van der Waals surface area (Å²) in [6, 6.07) is 15.7. The van der Waals surface area contributed by atoms with Crippen LogP contribution in [0.5, 0.6) is 5.75 Å². The zero-order valence-corrected chi connectivity index (χ0v) is 11.0. The summed E-state index contributed by atoms with van der Waals surface area (Å²) >= 11 is 6.15. The van der Waals surface area contributed by atoms with Crippen molar-refractivity contribution in [2.75, 3.05) is 7.11 Å². The van der Waals surface area contributed by atoms with Crippen molar-refractivity contribution in [3.05, 3.63) is 64.7 Å². The van der Waals surface area contributed by atoms with Gasteiger partial charge in [-0.25, -0.2) is 0 Å². The Bertz CT molecular complexity index is 497. The van der Waals surface area contributed by atoms with E-state index in [1.165, 1.54) is 0 Å². The maximum absolute atomic E-state index is 6.15. The van der Waals surface area contributed by atoms with Crippen molar-refractivity contribution < 1.29 is 9.47 Å². The van der Waals surface area contributed by atoms with Gasteiger partial charge in [-0.15, -0.1) is 0 Å². The number of rotatable bonds is 5. The first-order valence-corrected chi connectivity index (χ1v) is 6.11. The van der Waals surface area contributed by atoms with E-state index in [1.807, 2.05) is 48.5 Å². The lowest BCUT2D eigenvalue weighted by molar-refractivity contribution is 0.185. The maximum atomic E-state index is 6.15. The van der Waals surface area contributed by atoms with Gasteiger partial charge in [-0.1, -0.05) is 48.0 Å². The first-order valence-electron chi connectivity index (χ1n) is 5.73. The van der Waals surface area contributed by atoms with Gasteiger partial charge in [0.15, 0.2) is 0 Å². The highest BCUT2D eigenvalue weighted by Gasteiger charge is 2.03. The summed E-state index contributed by atoms with van der Waals surface area (Å²) in [5.41, 5.74) is 2.16. The summed E-state index contributed by atoms with van der Waals surface area (Å²) in [6.45, 7) is 1.07. The molecule has 0 N–H and O–H groups in total. The Morgan fingerprint density at radius 1 is 0.944 bits per heavy atom. The van der Waals surface area contributed by atoms with E-state index in [9.17, 15) is 0 Å². The third-order valence-corrected chi connectivity index (χ3v) is 2.84. The van der Waals surface area contributed by atoms with Gasteiger partial charge in [0.25, 0.3) is 0 Å². The molecule has 0 aromatic heterocycles. The molecule has 0 aliphatic rings. The fourth-order valence-corrected chi connectivity index (χ4v) is 1.91. The van der Waals surface area contributed by atoms with Gasteiger partial charge < -0.3 is 9.47 Å². The summed E-state index contributed by atoms with van der Waals surface area (Å²) in [4.78, 5) is 0. The standard InChI is InChI=1S/C15H15ClO2/c1-17-10-13-7-8-15(14(16)9-13)18-11-12-5-3-2-4-6-12/h2-9H,10-11H2,1H3. The van der Waals surface area contributed by atoms with Crippen molar-refractivity contribution in [2.45, 2.75) is 13.2 Å². The minimum Gasteiger partial charge on any atom is -0.487 e. The number of ether oxygens (including phenoxy) is 2. The number of methoxy groups -OCH3 is 1. The third-order valence-electron chi connectivity index (χ3n) is 2.54. The van der Waals surface area contributed by atoms with Crippen LogP contribution in [0.4, 0.5) is 0 Å². The van der Waals surface area contributed by atoms with Crippen LogP contribution in [0.3, 0.4) is 0 Å². The minimum absolute atomic E-state index is 0.518. The Morgan fingerprint density at radius 2 is 1.72 bits per heavy atom. The molecule has 0 atom stereocenters. The Balaban J connectivity index is 2.01. The van der Waals surface area contributed by atoms with Crippen molar-refractivity contribution in [3.63, 3.8) is 0 Å². The van der Waals surface area contributed by atoms with Gasteiger partial charge in [0.05, 0.1) is 11.6 Å². The molecule has 0 unspecified atom stereocenters. The number of hydrogen-bond acceptors (Lipinski definition) is 2. The molecule has 2 nitrogen and oxygen atoms in total. The average Bonchev–Trinajstić information content (AvgIpc) is 2.39. The summed E-state index contributed by atoms with van der Waals surface area (Å²) in [5.74, 6) is 0.695. The fraction of sp³-hybridized carbons (Fsp3) is 0.200. The molecule has 3 heteroatoms. The molecule has 0 spiro atoms. The maximum Gasteiger partial charge on any atom is 0.138 e. The molecule has 0 fully saturated rings. The molecule has 94 valence electrons. The second-order valence-corrected chi connectivity index (χ2v) is 4.38. The van der Waals surface area contributed by atoms with Crippen LogP contribution in [0.25, 0.3) is 0 Å². The Morgan fingerprint density at radius 3 is 2.39 bits per heavy atom. The second-order valence-electron chi connectivity index (χ2n) is 3.97. The summed E-state index contributed by atoms with van der Waals surface area (Å²) in [6.07, 6.45) is 0. The number of hydrogen-bond donors (Lipinski definition) is 0. The molecular weight excluding hydrogens is 248 g/mol. The number of benzene rings is 2. The highest BCUT2D eigenvalue weighted by molar-refractivity contribution is 6.32. The molecular formula is C15H15ClO2. The molecule has 0 heterocycles. The van der Waals surface area contributed by atoms with Crippen molar-refractivity contribution in [1.29, 1.82) is 0 Å². The smallest absolute Gasteiger partial charge is 0.138 e. The molecule has 0 amide bonds. The van der Waals surface area contributed by atoms with E-state index < -0.39 is 0 Å². The molecule has 0 saturated heterocycles. The third kappa shape index (κ3) is 3.49. The van der Waals surface area contributed by atoms with Crippen LogP contribution < -0.4 is 4.74 Å². The monoisotopic (exact) mass is 262 g/mol. The van der Waals surface area contributed by atoms with E-state index in [-0.39, 0.29) is 0 Å². The molecule has 0 bridgehead atoms. The van der Waals surface area contributed by atoms with Crippen molar-refractivity contribution in [1.82, 2.24) is 0 Å². The van der Waals surface area contributed by atoms with Crippen LogP contribution in [0.15, 0.2) is 48.5 Å². The van der Waals surface area contributed by atoms with Gasteiger partial charge in [0.2, 0.25) is 0 Å². The van der Waals surface area contributed by atoms with Crippen LogP contribution in [0.1, 0.15) is 11.1 Å². The Kier molecular flexibility index (Phi) is 4.62. The zero-order chi connectivity index (χ0) is 12.8. The number of halogens is 1. The van der Waals surface area contributed by atoms with Gasteiger partial charge in [-0.2, -0.15) is 0 Å². The second kappa shape index (κ2) is 6.43. The van der Waals surface area contributed by atoms with E-state index in [4.69, 9.17) is 21.1 Å². The molecule has 0 aliphatic carbocycles. The van der Waals surface area contributed by atoms with Gasteiger partial charge in [0.1, 0.15) is 12.4 Å². The molecule has 0 radical (unpaired) electrons. The molecule has 18 heavy (non-hydrogen) atoms. The SMILES string of the molecule is COCc1ccc(OCc2ccccc2)c(Cl)c1. The first kappa shape index (κ1) is 12.9. The van der Waals surface area contributed by atoms with E-state index >= 15 is 0 Å². The lowest BCUT2D eigenvalue weighted by Crippen LogP contribution is -1.96. The largest absolute Gasteiger partial charge is 0.487 e. The summed E-state index contributed by atoms with van der Waals surface area (Å²) in [5, 5.41) is 0.612. The highest BCUT2D eigenvalue weighted by Crippen LogP contribution is 2.26. The topological polar surface area (TPSA) is 18.5 Å². The zero-order valence-electron chi connectivity index (χ0n) is 10.2. The van der Waals surface area contributed by atoms with Gasteiger partial charge in [0, 0.05) is 7.11 Å². The van der Waals surface area contributed by atoms with E-state index in [0.29, 0.717) is 24.0 Å². The van der Waals surface area contributed by atoms with Gasteiger partial charge in [-0.05, 0) is 23.3 Å². The lowest BCUT2D eigenvalue weighted by atomic mass is 10.2. The quantitative estimate of drug-likeness (QED) is 0.809. The van der Waals surface area contributed by atoms with Crippen molar-refractivity contribution in [2.24, 2.45) is 0 Å². The van der Waals surface area contributed by atoms with Crippen molar-refractivity contribution in [3.8, 4) is 5.75 Å². The Labute approximate surface area is 112 Å². The summed E-state index contributed by atoms with van der Waals surface area (Å²) < 4.78 is 10.7. The molecule has 2 aromatic rings. The minimum atomic E-state index is 0.518. The highest BCUT2D eigenvalue weighted by atomic mass is 35.5. The Hall–Kier alpha value is -1.51. The molecule has 2 aromatic carbocycles. The van der Waals surface area contributed by atoms with Crippen LogP contribution in [-0.2, 0) is 18.0 Å². The van der Waals surface area contributed by atoms with E-state index in [0.717, 1.165) is 11.1 Å². The van der Waals surface area contributed by atoms with Crippen LogP contribution in [0, 0.1) is 0 Å². The van der Waals surface area contributed by atoms with E-state index in [1.54, 1.807) is 7.11 Å². The van der Waals surface area contributed by atoms with Crippen LogP contribution in [-0.4, -0.2) is 7.11 Å². The molecule has 0 saturated carbocycles. The predicted molar refractivity (Wildman–Crippen MR) is 72.9 cm³/mol. The fourth-order valence-electron chi connectivity index (χ4n) is 1.65. The van der Waals surface area contributed by atoms with Gasteiger partial charge >= 0.3 is 0 Å². The predicted octanol–water partition coefficient (Wildman–Crippen LogP) is 4.07. The lowest BCUT2D eigenvalue weighted by Gasteiger charge is -2.09. The van der Waals surface area contributed by atoms with Crippen molar-refractivity contribution >= 4 is 11.6 Å². The summed E-state index contributed by atoms with van der Waals surface area (Å²) in [7, 11) is 1.66. The first-order chi connectivity index (χ1) is 8.79. The van der Waals surface area contributed by atoms with E-state index in [2.05, 4.69) is 0 Å². The molecule has 0 aliphatic heterocycles. The molecule has 2 rings (SSSR count). The average molecular weight is 263 g/mol. The van der Waals surface area contributed by atoms with Crippen LogP contribution >= 0.6 is 11.6 Å². The van der Waals surface area contributed by atoms with Gasteiger partial charge in [-0.3, -0.25) is 0 Å². The van der Waals surface area contributed by atoms with Crippen LogP contribution in [0.2, 0.25) is 5.02 Å². The normalized spacial score (nSPS) is 10.3.